The van der Waals surface area contributed by atoms with Crippen molar-refractivity contribution in [2.24, 2.45) is 7.05 Å². The monoisotopic (exact) mass is 706 g/mol. The lowest BCUT2D eigenvalue weighted by atomic mass is 9.90. The standard InChI is InChI=1S/C38H39FN8O5/c1-4-28-30(11-15-41-34(28)46-19-18-45(37(46)49)27-6-5-14-40-24-27)29-9-8-26(47-35(50-3)42-43(2)36(47)48)23-31(29)25-7-10-33(32(39)22-25)44-16-12-38(13-17-44)51-20-21-52-38/h5-11,14-15,22-24H,4,12-13,16-21H2,1-3H3. The molecule has 3 aromatic heterocycles. The van der Waals surface area contributed by atoms with Crippen molar-refractivity contribution in [2.75, 3.05) is 61.2 Å². The van der Waals surface area contributed by atoms with Gasteiger partial charge >= 0.3 is 17.7 Å². The average Bonchev–Trinajstić information content (AvgIpc) is 3.88. The first-order valence-corrected chi connectivity index (χ1v) is 17.5. The summed E-state index contributed by atoms with van der Waals surface area (Å²) in [6.07, 6.45) is 6.93. The average molecular weight is 707 g/mol. The van der Waals surface area contributed by atoms with Crippen LogP contribution < -0.4 is 25.1 Å². The molecule has 2 aromatic carbocycles. The van der Waals surface area contributed by atoms with Crippen molar-refractivity contribution in [1.29, 1.82) is 0 Å². The fourth-order valence-electron chi connectivity index (χ4n) is 7.55. The number of urea groups is 1. The van der Waals surface area contributed by atoms with Crippen molar-refractivity contribution >= 4 is 23.2 Å². The van der Waals surface area contributed by atoms with E-state index in [1.807, 2.05) is 48.2 Å². The van der Waals surface area contributed by atoms with Gasteiger partial charge in [0.15, 0.2) is 5.79 Å². The molecule has 3 aliphatic heterocycles. The van der Waals surface area contributed by atoms with Crippen LogP contribution in [0.3, 0.4) is 0 Å². The quantitative estimate of drug-likeness (QED) is 0.215. The van der Waals surface area contributed by atoms with Crippen molar-refractivity contribution in [2.45, 2.75) is 32.0 Å². The Morgan fingerprint density at radius 3 is 2.38 bits per heavy atom. The number of hydrogen-bond donors (Lipinski definition) is 0. The zero-order valence-electron chi connectivity index (χ0n) is 29.3. The van der Waals surface area contributed by atoms with E-state index < -0.39 is 5.79 Å². The minimum Gasteiger partial charge on any atom is -0.467 e. The van der Waals surface area contributed by atoms with Gasteiger partial charge in [0, 0.05) is 64.0 Å². The van der Waals surface area contributed by atoms with Crippen LogP contribution in [-0.4, -0.2) is 82.6 Å². The number of piperidine rings is 1. The van der Waals surface area contributed by atoms with Crippen LogP contribution in [0.1, 0.15) is 25.3 Å². The largest absolute Gasteiger partial charge is 0.467 e. The molecule has 13 nitrogen and oxygen atoms in total. The number of aryl methyl sites for hydroxylation is 1. The van der Waals surface area contributed by atoms with Gasteiger partial charge in [0.05, 0.1) is 43.6 Å². The molecule has 0 bridgehead atoms. The van der Waals surface area contributed by atoms with E-state index in [1.165, 1.54) is 22.4 Å². The summed E-state index contributed by atoms with van der Waals surface area (Å²) in [7, 11) is 3.01. The van der Waals surface area contributed by atoms with Crippen LogP contribution in [-0.2, 0) is 22.9 Å². The fourth-order valence-corrected chi connectivity index (χ4v) is 7.55. The maximum absolute atomic E-state index is 16.2. The number of carbonyl (C=O) groups is 1. The van der Waals surface area contributed by atoms with E-state index in [0.29, 0.717) is 87.0 Å². The van der Waals surface area contributed by atoms with E-state index >= 15 is 4.39 Å². The number of aromatic nitrogens is 5. The number of hydrogen-bond acceptors (Lipinski definition) is 9. The smallest absolute Gasteiger partial charge is 0.353 e. The van der Waals surface area contributed by atoms with Gasteiger partial charge in [-0.15, -0.1) is 5.10 Å². The molecule has 5 aromatic rings. The number of pyridine rings is 2. The Balaban J connectivity index is 1.21. The molecule has 0 radical (unpaired) electrons. The molecular weight excluding hydrogens is 667 g/mol. The second-order valence-electron chi connectivity index (χ2n) is 13.0. The highest BCUT2D eigenvalue weighted by atomic mass is 19.1. The molecule has 8 rings (SSSR count). The van der Waals surface area contributed by atoms with Gasteiger partial charge in [-0.25, -0.2) is 28.2 Å². The molecule has 3 saturated heterocycles. The third kappa shape index (κ3) is 5.77. The van der Waals surface area contributed by atoms with Crippen LogP contribution in [0.25, 0.3) is 27.9 Å². The zero-order chi connectivity index (χ0) is 36.0. The molecular formula is C38H39FN8O5. The molecule has 0 aliphatic carbocycles. The Bertz CT molecular complexity index is 2190. The van der Waals surface area contributed by atoms with Gasteiger partial charge in [-0.1, -0.05) is 19.1 Å². The summed E-state index contributed by atoms with van der Waals surface area (Å²) in [5, 5.41) is 4.22. The Labute approximate surface area is 299 Å². The Morgan fingerprint density at radius 1 is 0.885 bits per heavy atom. The number of anilines is 3. The number of benzene rings is 2. The van der Waals surface area contributed by atoms with Gasteiger partial charge in [0.1, 0.15) is 11.6 Å². The van der Waals surface area contributed by atoms with Gasteiger partial charge in [-0.2, -0.15) is 0 Å². The summed E-state index contributed by atoms with van der Waals surface area (Å²) in [6.45, 7) is 5.34. The van der Waals surface area contributed by atoms with Crippen LogP contribution in [0.15, 0.2) is 78.0 Å². The summed E-state index contributed by atoms with van der Waals surface area (Å²) >= 11 is 0. The van der Waals surface area contributed by atoms with Crippen molar-refractivity contribution in [3.63, 3.8) is 0 Å². The van der Waals surface area contributed by atoms with Gasteiger partial charge < -0.3 is 19.1 Å². The maximum atomic E-state index is 16.2. The number of ether oxygens (including phenoxy) is 3. The third-order valence-corrected chi connectivity index (χ3v) is 10.2. The molecule has 0 saturated carbocycles. The number of rotatable bonds is 8. The minimum absolute atomic E-state index is 0.122. The second kappa shape index (κ2) is 13.5. The molecule has 268 valence electrons. The molecule has 14 heteroatoms. The molecule has 3 aliphatic rings. The molecule has 0 unspecified atom stereocenters. The van der Waals surface area contributed by atoms with Crippen LogP contribution in [0.5, 0.6) is 6.01 Å². The van der Waals surface area contributed by atoms with Crippen molar-refractivity contribution < 1.29 is 23.4 Å². The van der Waals surface area contributed by atoms with Gasteiger partial charge in [0.2, 0.25) is 0 Å². The molecule has 0 atom stereocenters. The van der Waals surface area contributed by atoms with Crippen molar-refractivity contribution in [3.8, 4) is 34.0 Å². The Hall–Kier alpha value is -5.60. The topological polar surface area (TPSA) is 120 Å². The number of halogens is 1. The lowest BCUT2D eigenvalue weighted by molar-refractivity contribution is -0.169. The lowest BCUT2D eigenvalue weighted by Crippen LogP contribution is -2.45. The number of carbonyl (C=O) groups excluding carboxylic acids is 1. The van der Waals surface area contributed by atoms with E-state index in [1.54, 1.807) is 47.6 Å². The highest BCUT2D eigenvalue weighted by Crippen LogP contribution is 2.41. The molecule has 1 spiro atoms. The van der Waals surface area contributed by atoms with Crippen molar-refractivity contribution in [1.82, 2.24) is 24.3 Å². The Morgan fingerprint density at radius 2 is 1.67 bits per heavy atom. The summed E-state index contributed by atoms with van der Waals surface area (Å²) in [6, 6.07) is 16.3. The molecule has 6 heterocycles. The van der Waals surface area contributed by atoms with E-state index in [2.05, 4.69) is 10.1 Å². The van der Waals surface area contributed by atoms with E-state index in [-0.39, 0.29) is 23.5 Å². The highest BCUT2D eigenvalue weighted by molar-refractivity contribution is 6.06. The molecule has 2 amide bonds. The first kappa shape index (κ1) is 33.5. The number of methoxy groups -OCH3 is 1. The van der Waals surface area contributed by atoms with Crippen molar-refractivity contribution in [3.05, 3.63) is 95.1 Å². The van der Waals surface area contributed by atoms with Crippen LogP contribution in [0.4, 0.5) is 26.4 Å². The number of nitrogens with zero attached hydrogens (tertiary/aromatic N) is 8. The summed E-state index contributed by atoms with van der Waals surface area (Å²) < 4.78 is 36.0. The third-order valence-electron chi connectivity index (χ3n) is 10.2. The number of amides is 2. The molecule has 0 N–H and O–H groups in total. The van der Waals surface area contributed by atoms with E-state index in [9.17, 15) is 9.59 Å². The highest BCUT2D eigenvalue weighted by Gasteiger charge is 2.40. The maximum Gasteiger partial charge on any atom is 0.353 e. The minimum atomic E-state index is -0.565. The van der Waals surface area contributed by atoms with Crippen LogP contribution >= 0.6 is 0 Å². The first-order chi connectivity index (χ1) is 25.3. The zero-order valence-corrected chi connectivity index (χ0v) is 29.3. The normalized spacial score (nSPS) is 17.1. The molecule has 52 heavy (non-hydrogen) atoms. The first-order valence-electron chi connectivity index (χ1n) is 17.5. The Kier molecular flexibility index (Phi) is 8.71. The van der Waals surface area contributed by atoms with Gasteiger partial charge in [-0.05, 0) is 71.1 Å². The molecule has 3 fully saturated rings. The van der Waals surface area contributed by atoms with Crippen LogP contribution in [0.2, 0.25) is 0 Å². The second-order valence-corrected chi connectivity index (χ2v) is 13.0. The van der Waals surface area contributed by atoms with E-state index in [4.69, 9.17) is 19.2 Å². The fraction of sp³-hybridized carbons (Fsp3) is 0.342. The van der Waals surface area contributed by atoms with Gasteiger partial charge in [-0.3, -0.25) is 14.8 Å². The van der Waals surface area contributed by atoms with Gasteiger partial charge in [0.25, 0.3) is 0 Å². The SMILES string of the molecule is CCc1c(-c2ccc(-n3c(OC)nn(C)c3=O)cc2-c2ccc(N3CCC4(CC3)OCCO4)c(F)c2)ccnc1N1CCN(c2cccnc2)C1=O. The lowest BCUT2D eigenvalue weighted by Gasteiger charge is -2.38. The van der Waals surface area contributed by atoms with E-state index in [0.717, 1.165) is 22.4 Å². The predicted octanol–water partition coefficient (Wildman–Crippen LogP) is 5.20. The summed E-state index contributed by atoms with van der Waals surface area (Å²) in [5.41, 5.74) is 5.14. The summed E-state index contributed by atoms with van der Waals surface area (Å²) in [5.74, 6) is -0.361. The summed E-state index contributed by atoms with van der Waals surface area (Å²) in [4.78, 5) is 41.3. The predicted molar refractivity (Wildman–Crippen MR) is 194 cm³/mol. The van der Waals surface area contributed by atoms with Crippen LogP contribution in [0, 0.1) is 5.82 Å².